The number of benzene rings is 2. The van der Waals surface area contributed by atoms with E-state index in [0.717, 1.165) is 60.1 Å². The van der Waals surface area contributed by atoms with Gasteiger partial charge in [0.15, 0.2) is 0 Å². The van der Waals surface area contributed by atoms with Crippen LogP contribution in [0.2, 0.25) is 5.02 Å². The molecule has 2 aliphatic rings. The van der Waals surface area contributed by atoms with Gasteiger partial charge in [0.05, 0.1) is 30.4 Å². The van der Waals surface area contributed by atoms with Crippen molar-refractivity contribution in [2.24, 2.45) is 11.3 Å². The number of carbonyl (C=O) groups is 1. The standard InChI is InChI=1S/C33H38ClNO5/c1-32(2,3)30(39-5)25-15-20(8-11-23(25)24-17-29(38-4)35-18-28(24)34)19-40-22-10-9-21-7-6-13-33(27(21)16-22)14-12-26(33)31(36)37/h8-11,15-18,26,30H,6-7,12-14,19H2,1-5H3,(H,36,37). The highest BCUT2D eigenvalue weighted by Crippen LogP contribution is 2.56. The molecule has 1 spiro atoms. The number of halogens is 1. The van der Waals surface area contributed by atoms with E-state index in [1.165, 1.54) is 11.1 Å². The van der Waals surface area contributed by atoms with Crippen molar-refractivity contribution in [1.29, 1.82) is 0 Å². The lowest BCUT2D eigenvalue weighted by atomic mass is 9.52. The Morgan fingerprint density at radius 2 is 1.93 bits per heavy atom. The molecule has 0 bridgehead atoms. The van der Waals surface area contributed by atoms with E-state index in [9.17, 15) is 9.90 Å². The van der Waals surface area contributed by atoms with Gasteiger partial charge in [0, 0.05) is 24.2 Å². The van der Waals surface area contributed by atoms with Crippen LogP contribution in [0.4, 0.5) is 0 Å². The van der Waals surface area contributed by atoms with Crippen LogP contribution >= 0.6 is 11.6 Å². The van der Waals surface area contributed by atoms with Gasteiger partial charge in [-0.3, -0.25) is 4.79 Å². The van der Waals surface area contributed by atoms with E-state index in [1.54, 1.807) is 20.4 Å². The summed E-state index contributed by atoms with van der Waals surface area (Å²) in [6.45, 7) is 6.82. The Morgan fingerprint density at radius 1 is 1.12 bits per heavy atom. The number of carboxylic acid groups (broad SMARTS) is 1. The number of nitrogens with zero attached hydrogens (tertiary/aromatic N) is 1. The van der Waals surface area contributed by atoms with E-state index in [4.69, 9.17) is 25.8 Å². The maximum absolute atomic E-state index is 12.0. The minimum absolute atomic E-state index is 0.178. The molecule has 0 aliphatic heterocycles. The van der Waals surface area contributed by atoms with E-state index < -0.39 is 5.97 Å². The lowest BCUT2D eigenvalue weighted by molar-refractivity contribution is -0.150. The van der Waals surface area contributed by atoms with Crippen LogP contribution in [0.5, 0.6) is 11.6 Å². The van der Waals surface area contributed by atoms with Crippen LogP contribution in [0, 0.1) is 11.3 Å². The van der Waals surface area contributed by atoms with Crippen LogP contribution in [-0.4, -0.2) is 30.3 Å². The number of aromatic nitrogens is 1. The van der Waals surface area contributed by atoms with Crippen LogP contribution in [0.25, 0.3) is 11.1 Å². The molecule has 0 radical (unpaired) electrons. The number of ether oxygens (including phenoxy) is 3. The molecule has 0 saturated heterocycles. The number of methoxy groups -OCH3 is 2. The highest BCUT2D eigenvalue weighted by molar-refractivity contribution is 6.33. The van der Waals surface area contributed by atoms with Crippen molar-refractivity contribution in [1.82, 2.24) is 4.98 Å². The van der Waals surface area contributed by atoms with Gasteiger partial charge in [0.1, 0.15) is 12.4 Å². The van der Waals surface area contributed by atoms with Gasteiger partial charge in [-0.2, -0.15) is 0 Å². The lowest BCUT2D eigenvalue weighted by Crippen LogP contribution is -2.50. The first-order chi connectivity index (χ1) is 19.1. The van der Waals surface area contributed by atoms with Gasteiger partial charge in [-0.25, -0.2) is 4.98 Å². The van der Waals surface area contributed by atoms with Crippen molar-refractivity contribution < 1.29 is 24.1 Å². The Labute approximate surface area is 241 Å². The second-order valence-electron chi connectivity index (χ2n) is 12.2. The van der Waals surface area contributed by atoms with Crippen molar-refractivity contribution >= 4 is 17.6 Å². The molecule has 7 heteroatoms. The van der Waals surface area contributed by atoms with Crippen LogP contribution in [0.1, 0.15) is 74.8 Å². The van der Waals surface area contributed by atoms with Gasteiger partial charge >= 0.3 is 5.97 Å². The number of hydrogen-bond acceptors (Lipinski definition) is 5. The summed E-state index contributed by atoms with van der Waals surface area (Å²) in [5, 5.41) is 10.4. The van der Waals surface area contributed by atoms with Crippen LogP contribution in [0.3, 0.4) is 0 Å². The van der Waals surface area contributed by atoms with Crippen molar-refractivity contribution in [3.63, 3.8) is 0 Å². The average molecular weight is 564 g/mol. The van der Waals surface area contributed by atoms with E-state index in [1.807, 2.05) is 18.2 Å². The Balaban J connectivity index is 1.47. The zero-order valence-corrected chi connectivity index (χ0v) is 24.7. The summed E-state index contributed by atoms with van der Waals surface area (Å²) in [5.74, 6) is 0.266. The summed E-state index contributed by atoms with van der Waals surface area (Å²) in [7, 11) is 3.31. The van der Waals surface area contributed by atoms with Gasteiger partial charge in [-0.15, -0.1) is 0 Å². The monoisotopic (exact) mass is 563 g/mol. The van der Waals surface area contributed by atoms with Crippen molar-refractivity contribution in [3.05, 3.63) is 75.9 Å². The lowest BCUT2D eigenvalue weighted by Gasteiger charge is -2.51. The molecule has 3 atom stereocenters. The van der Waals surface area contributed by atoms with E-state index >= 15 is 0 Å². The number of aryl methyl sites for hydroxylation is 1. The SMILES string of the molecule is COc1cc(-c2ccc(COc3ccc4c(c3)C3(CCC4)CCC3C(=O)O)cc2C(OC)C(C)(C)C)c(Cl)cn1. The molecule has 6 nitrogen and oxygen atoms in total. The van der Waals surface area contributed by atoms with Crippen molar-refractivity contribution in [3.8, 4) is 22.8 Å². The normalized spacial score (nSPS) is 20.9. The Kier molecular flexibility index (Phi) is 7.86. The van der Waals surface area contributed by atoms with Gasteiger partial charge in [0.25, 0.3) is 0 Å². The van der Waals surface area contributed by atoms with Crippen molar-refractivity contribution in [2.45, 2.75) is 71.0 Å². The molecule has 3 aromatic rings. The molecule has 1 heterocycles. The smallest absolute Gasteiger partial charge is 0.307 e. The number of rotatable bonds is 8. The third-order valence-electron chi connectivity index (χ3n) is 8.69. The third-order valence-corrected chi connectivity index (χ3v) is 8.99. The summed E-state index contributed by atoms with van der Waals surface area (Å²) in [6.07, 6.45) is 6.03. The zero-order chi connectivity index (χ0) is 28.7. The molecule has 1 saturated carbocycles. The summed E-state index contributed by atoms with van der Waals surface area (Å²) in [4.78, 5) is 16.2. The Morgan fingerprint density at radius 3 is 2.58 bits per heavy atom. The van der Waals surface area contributed by atoms with Gasteiger partial charge in [-0.05, 0) is 83.5 Å². The summed E-state index contributed by atoms with van der Waals surface area (Å²) in [5.41, 5.74) is 5.79. The first-order valence-corrected chi connectivity index (χ1v) is 14.3. The number of fused-ring (bicyclic) bond motifs is 2. The highest BCUT2D eigenvalue weighted by atomic mass is 35.5. The molecular weight excluding hydrogens is 526 g/mol. The molecule has 1 N–H and O–H groups in total. The number of carboxylic acids is 1. The largest absolute Gasteiger partial charge is 0.489 e. The molecule has 2 aliphatic carbocycles. The number of hydrogen-bond donors (Lipinski definition) is 1. The quantitative estimate of drug-likeness (QED) is 0.301. The Bertz CT molecular complexity index is 1410. The van der Waals surface area contributed by atoms with E-state index in [2.05, 4.69) is 50.0 Å². The fourth-order valence-electron chi connectivity index (χ4n) is 6.69. The molecule has 1 fully saturated rings. The average Bonchev–Trinajstić information content (AvgIpc) is 2.90. The molecule has 40 heavy (non-hydrogen) atoms. The van der Waals surface area contributed by atoms with E-state index in [0.29, 0.717) is 17.5 Å². The molecule has 212 valence electrons. The second kappa shape index (κ2) is 11.1. The molecule has 2 aromatic carbocycles. The third kappa shape index (κ3) is 5.19. The number of aliphatic carboxylic acids is 1. The highest BCUT2D eigenvalue weighted by Gasteiger charge is 2.53. The van der Waals surface area contributed by atoms with Crippen LogP contribution in [0.15, 0.2) is 48.7 Å². The van der Waals surface area contributed by atoms with Gasteiger partial charge < -0.3 is 19.3 Å². The van der Waals surface area contributed by atoms with Gasteiger partial charge in [-0.1, -0.05) is 50.6 Å². The summed E-state index contributed by atoms with van der Waals surface area (Å²) >= 11 is 6.61. The topological polar surface area (TPSA) is 77.9 Å². The fourth-order valence-corrected chi connectivity index (χ4v) is 6.89. The summed E-state index contributed by atoms with van der Waals surface area (Å²) in [6, 6.07) is 14.3. The molecule has 0 amide bonds. The zero-order valence-electron chi connectivity index (χ0n) is 23.9. The molecular formula is C33H38ClNO5. The molecule has 3 unspecified atom stereocenters. The predicted molar refractivity (Wildman–Crippen MR) is 156 cm³/mol. The van der Waals surface area contributed by atoms with Crippen molar-refractivity contribution in [2.75, 3.05) is 14.2 Å². The fraction of sp³-hybridized carbons (Fsp3) is 0.455. The first-order valence-electron chi connectivity index (χ1n) is 13.9. The van der Waals surface area contributed by atoms with E-state index in [-0.39, 0.29) is 22.9 Å². The van der Waals surface area contributed by atoms with Gasteiger partial charge in [0.2, 0.25) is 5.88 Å². The van der Waals surface area contributed by atoms with Crippen LogP contribution in [-0.2, 0) is 28.0 Å². The summed E-state index contributed by atoms with van der Waals surface area (Å²) < 4.78 is 17.7. The van der Waals surface area contributed by atoms with Crippen LogP contribution < -0.4 is 9.47 Å². The molecule has 5 rings (SSSR count). The second-order valence-corrected chi connectivity index (χ2v) is 12.6. The Hall–Kier alpha value is -3.09. The predicted octanol–water partition coefficient (Wildman–Crippen LogP) is 7.79. The maximum Gasteiger partial charge on any atom is 0.307 e. The maximum atomic E-state index is 12.0. The number of pyridine rings is 1. The minimum Gasteiger partial charge on any atom is -0.489 e. The first kappa shape index (κ1) is 28.4. The minimum atomic E-state index is -0.684. The molecule has 1 aromatic heterocycles.